The van der Waals surface area contributed by atoms with Crippen molar-refractivity contribution in [1.82, 2.24) is 5.32 Å². The van der Waals surface area contributed by atoms with Crippen molar-refractivity contribution in [2.24, 2.45) is 5.92 Å². The molecular formula is C15H24FNO. The molecule has 2 nitrogen and oxygen atoms in total. The standard InChI is InChI=1S/C15H24FNO/c1-4-17-11-15(12(2)8-9-18-3)13-6-5-7-14(16)10-13/h5-7,10,12,15,17H,4,8-9,11H2,1-3H3. The molecule has 1 aromatic carbocycles. The van der Waals surface area contributed by atoms with Crippen molar-refractivity contribution < 1.29 is 9.13 Å². The van der Waals surface area contributed by atoms with Crippen molar-refractivity contribution in [2.45, 2.75) is 26.2 Å². The molecule has 3 heteroatoms. The molecule has 2 unspecified atom stereocenters. The molecule has 0 saturated heterocycles. The number of hydrogen-bond acceptors (Lipinski definition) is 2. The molecule has 2 atom stereocenters. The Labute approximate surface area is 110 Å². The van der Waals surface area contributed by atoms with Crippen molar-refractivity contribution in [3.63, 3.8) is 0 Å². The predicted octanol–water partition coefficient (Wildman–Crippen LogP) is 3.19. The van der Waals surface area contributed by atoms with Gasteiger partial charge < -0.3 is 10.1 Å². The lowest BCUT2D eigenvalue weighted by atomic mass is 9.85. The minimum atomic E-state index is -0.159. The fourth-order valence-electron chi connectivity index (χ4n) is 2.19. The zero-order chi connectivity index (χ0) is 13.4. The van der Waals surface area contributed by atoms with Crippen molar-refractivity contribution >= 4 is 0 Å². The quantitative estimate of drug-likeness (QED) is 0.768. The molecule has 18 heavy (non-hydrogen) atoms. The Hall–Kier alpha value is -0.930. The molecule has 0 aliphatic carbocycles. The van der Waals surface area contributed by atoms with Gasteiger partial charge in [0.1, 0.15) is 5.82 Å². The van der Waals surface area contributed by atoms with E-state index in [1.807, 2.05) is 6.07 Å². The van der Waals surface area contributed by atoms with Gasteiger partial charge in [0.05, 0.1) is 0 Å². The van der Waals surface area contributed by atoms with Crippen LogP contribution in [0.4, 0.5) is 4.39 Å². The molecule has 0 fully saturated rings. The van der Waals surface area contributed by atoms with E-state index in [1.54, 1.807) is 19.2 Å². The fraction of sp³-hybridized carbons (Fsp3) is 0.600. The van der Waals surface area contributed by atoms with Gasteiger partial charge in [-0.15, -0.1) is 0 Å². The molecule has 102 valence electrons. The Bertz CT molecular complexity index is 343. The van der Waals surface area contributed by atoms with E-state index in [9.17, 15) is 4.39 Å². The van der Waals surface area contributed by atoms with Gasteiger partial charge in [-0.3, -0.25) is 0 Å². The third kappa shape index (κ3) is 4.75. The van der Waals surface area contributed by atoms with Crippen molar-refractivity contribution in [1.29, 1.82) is 0 Å². The third-order valence-corrected chi connectivity index (χ3v) is 3.36. The van der Waals surface area contributed by atoms with Crippen LogP contribution in [0.1, 0.15) is 31.7 Å². The highest BCUT2D eigenvalue weighted by atomic mass is 19.1. The maximum absolute atomic E-state index is 13.3. The average molecular weight is 253 g/mol. The smallest absolute Gasteiger partial charge is 0.123 e. The van der Waals surface area contributed by atoms with E-state index < -0.39 is 0 Å². The molecule has 0 heterocycles. The topological polar surface area (TPSA) is 21.3 Å². The maximum atomic E-state index is 13.3. The lowest BCUT2D eigenvalue weighted by Gasteiger charge is -2.24. The van der Waals surface area contributed by atoms with E-state index in [2.05, 4.69) is 19.2 Å². The summed E-state index contributed by atoms with van der Waals surface area (Å²) >= 11 is 0. The Morgan fingerprint density at radius 1 is 1.39 bits per heavy atom. The predicted molar refractivity (Wildman–Crippen MR) is 73.3 cm³/mol. The molecular weight excluding hydrogens is 229 g/mol. The first-order valence-corrected chi connectivity index (χ1v) is 6.64. The van der Waals surface area contributed by atoms with E-state index >= 15 is 0 Å². The molecule has 0 spiro atoms. The summed E-state index contributed by atoms with van der Waals surface area (Å²) in [4.78, 5) is 0. The summed E-state index contributed by atoms with van der Waals surface area (Å²) in [6.45, 7) is 6.85. The SMILES string of the molecule is CCNCC(c1cccc(F)c1)C(C)CCOC. The van der Waals surface area contributed by atoms with Crippen molar-refractivity contribution in [2.75, 3.05) is 26.8 Å². The molecule has 0 amide bonds. The number of rotatable bonds is 8. The normalized spacial score (nSPS) is 14.4. The Morgan fingerprint density at radius 2 is 2.17 bits per heavy atom. The van der Waals surface area contributed by atoms with Gasteiger partial charge in [-0.25, -0.2) is 4.39 Å². The summed E-state index contributed by atoms with van der Waals surface area (Å²) in [5, 5.41) is 3.36. The van der Waals surface area contributed by atoms with E-state index in [0.717, 1.165) is 31.7 Å². The molecule has 1 N–H and O–H groups in total. The van der Waals surface area contributed by atoms with E-state index in [0.29, 0.717) is 11.8 Å². The van der Waals surface area contributed by atoms with E-state index in [1.165, 1.54) is 6.07 Å². The molecule has 0 aromatic heterocycles. The van der Waals surface area contributed by atoms with Gasteiger partial charge in [-0.05, 0) is 42.5 Å². The first kappa shape index (κ1) is 15.1. The second kappa shape index (κ2) is 8.22. The van der Waals surface area contributed by atoms with E-state index in [-0.39, 0.29) is 5.82 Å². The fourth-order valence-corrected chi connectivity index (χ4v) is 2.19. The molecule has 0 bridgehead atoms. The number of hydrogen-bond donors (Lipinski definition) is 1. The summed E-state index contributed by atoms with van der Waals surface area (Å²) in [5.74, 6) is 0.634. The second-order valence-electron chi connectivity index (χ2n) is 4.73. The number of likely N-dealkylation sites (N-methyl/N-ethyl adjacent to an activating group) is 1. The number of halogens is 1. The molecule has 0 aliphatic rings. The number of ether oxygens (including phenoxy) is 1. The highest BCUT2D eigenvalue weighted by molar-refractivity contribution is 5.21. The van der Waals surface area contributed by atoms with Crippen LogP contribution >= 0.6 is 0 Å². The van der Waals surface area contributed by atoms with Crippen LogP contribution < -0.4 is 5.32 Å². The van der Waals surface area contributed by atoms with Gasteiger partial charge in [0, 0.05) is 20.3 Å². The minimum Gasteiger partial charge on any atom is -0.385 e. The van der Waals surface area contributed by atoms with Gasteiger partial charge in [0.2, 0.25) is 0 Å². The maximum Gasteiger partial charge on any atom is 0.123 e. The molecule has 1 rings (SSSR count). The lowest BCUT2D eigenvalue weighted by molar-refractivity contribution is 0.174. The van der Waals surface area contributed by atoms with Crippen LogP contribution in [0, 0.1) is 11.7 Å². The first-order chi connectivity index (χ1) is 8.69. The Balaban J connectivity index is 2.76. The zero-order valence-electron chi connectivity index (χ0n) is 11.6. The summed E-state index contributed by atoms with van der Waals surface area (Å²) < 4.78 is 18.5. The van der Waals surface area contributed by atoms with Gasteiger partial charge in [-0.1, -0.05) is 26.0 Å². The Morgan fingerprint density at radius 3 is 2.78 bits per heavy atom. The van der Waals surface area contributed by atoms with Gasteiger partial charge in [-0.2, -0.15) is 0 Å². The number of methoxy groups -OCH3 is 1. The molecule has 1 aromatic rings. The highest BCUT2D eigenvalue weighted by Gasteiger charge is 2.19. The van der Waals surface area contributed by atoms with Gasteiger partial charge >= 0.3 is 0 Å². The summed E-state index contributed by atoms with van der Waals surface area (Å²) in [6.07, 6.45) is 0.989. The number of benzene rings is 1. The summed E-state index contributed by atoms with van der Waals surface area (Å²) in [6, 6.07) is 6.93. The van der Waals surface area contributed by atoms with Crippen molar-refractivity contribution in [3.8, 4) is 0 Å². The largest absolute Gasteiger partial charge is 0.385 e. The van der Waals surface area contributed by atoms with Crippen molar-refractivity contribution in [3.05, 3.63) is 35.6 Å². The van der Waals surface area contributed by atoms with Crippen LogP contribution in [0.2, 0.25) is 0 Å². The van der Waals surface area contributed by atoms with Gasteiger partial charge in [0.15, 0.2) is 0 Å². The molecule has 0 radical (unpaired) electrons. The monoisotopic (exact) mass is 253 g/mol. The van der Waals surface area contributed by atoms with Crippen LogP contribution in [0.5, 0.6) is 0 Å². The zero-order valence-corrected chi connectivity index (χ0v) is 11.6. The summed E-state index contributed by atoms with van der Waals surface area (Å²) in [7, 11) is 1.72. The van der Waals surface area contributed by atoms with Crippen LogP contribution in [-0.4, -0.2) is 26.8 Å². The number of nitrogens with one attached hydrogen (secondary N) is 1. The average Bonchev–Trinajstić information content (AvgIpc) is 2.37. The van der Waals surface area contributed by atoms with Crippen LogP contribution in [0.25, 0.3) is 0 Å². The minimum absolute atomic E-state index is 0.159. The Kier molecular flexibility index (Phi) is 6.91. The van der Waals surface area contributed by atoms with E-state index in [4.69, 9.17) is 4.74 Å². The first-order valence-electron chi connectivity index (χ1n) is 6.64. The highest BCUT2D eigenvalue weighted by Crippen LogP contribution is 2.27. The molecule has 0 saturated carbocycles. The summed E-state index contributed by atoms with van der Waals surface area (Å²) in [5.41, 5.74) is 1.07. The van der Waals surface area contributed by atoms with Crippen LogP contribution in [0.3, 0.4) is 0 Å². The lowest BCUT2D eigenvalue weighted by Crippen LogP contribution is -2.26. The molecule has 0 aliphatic heterocycles. The van der Waals surface area contributed by atoms with Crippen LogP contribution in [0.15, 0.2) is 24.3 Å². The van der Waals surface area contributed by atoms with Crippen LogP contribution in [-0.2, 0) is 4.74 Å². The van der Waals surface area contributed by atoms with Gasteiger partial charge in [0.25, 0.3) is 0 Å². The second-order valence-corrected chi connectivity index (χ2v) is 4.73. The third-order valence-electron chi connectivity index (χ3n) is 3.36.